The van der Waals surface area contributed by atoms with Crippen molar-refractivity contribution in [2.45, 2.75) is 39.8 Å². The standard InChI is InChI=1S/C18H31N3/c1-5-20(6-2)14-18(17-9-7-15(3)8-10-17)21-12-11-19-13-16(21)4/h7-10,16,18-19H,5-6,11-14H2,1-4H3. The monoisotopic (exact) mass is 289 g/mol. The summed E-state index contributed by atoms with van der Waals surface area (Å²) in [6.45, 7) is 15.7. The van der Waals surface area contributed by atoms with Gasteiger partial charge in [-0.05, 0) is 32.5 Å². The van der Waals surface area contributed by atoms with Gasteiger partial charge in [0.25, 0.3) is 0 Å². The van der Waals surface area contributed by atoms with Gasteiger partial charge in [0.1, 0.15) is 0 Å². The van der Waals surface area contributed by atoms with Crippen LogP contribution in [0.2, 0.25) is 0 Å². The Bertz CT molecular complexity index is 411. The summed E-state index contributed by atoms with van der Waals surface area (Å²) in [5, 5.41) is 3.51. The van der Waals surface area contributed by atoms with Gasteiger partial charge in [-0.2, -0.15) is 0 Å². The van der Waals surface area contributed by atoms with Crippen molar-refractivity contribution >= 4 is 0 Å². The Labute approximate surface area is 130 Å². The molecule has 0 amide bonds. The van der Waals surface area contributed by atoms with E-state index in [9.17, 15) is 0 Å². The third-order valence-corrected chi connectivity index (χ3v) is 4.74. The molecule has 1 aliphatic rings. The zero-order valence-corrected chi connectivity index (χ0v) is 14.1. The van der Waals surface area contributed by atoms with Crippen LogP contribution in [0.5, 0.6) is 0 Å². The van der Waals surface area contributed by atoms with Crippen LogP contribution in [-0.2, 0) is 0 Å². The van der Waals surface area contributed by atoms with Crippen molar-refractivity contribution in [2.75, 3.05) is 39.3 Å². The number of rotatable bonds is 6. The highest BCUT2D eigenvalue weighted by Crippen LogP contribution is 2.25. The molecule has 1 N–H and O–H groups in total. The lowest BCUT2D eigenvalue weighted by Crippen LogP contribution is -2.53. The smallest absolute Gasteiger partial charge is 0.0479 e. The van der Waals surface area contributed by atoms with Gasteiger partial charge in [0.2, 0.25) is 0 Å². The summed E-state index contributed by atoms with van der Waals surface area (Å²) in [7, 11) is 0. The minimum atomic E-state index is 0.502. The third kappa shape index (κ3) is 4.29. The first-order valence-corrected chi connectivity index (χ1v) is 8.41. The number of likely N-dealkylation sites (N-methyl/N-ethyl adjacent to an activating group) is 1. The van der Waals surface area contributed by atoms with Crippen molar-refractivity contribution in [1.29, 1.82) is 0 Å². The number of nitrogens with zero attached hydrogens (tertiary/aromatic N) is 2. The molecule has 2 unspecified atom stereocenters. The predicted octanol–water partition coefficient (Wildman–Crippen LogP) is 2.67. The lowest BCUT2D eigenvalue weighted by Gasteiger charge is -2.42. The van der Waals surface area contributed by atoms with Crippen LogP contribution in [0.25, 0.3) is 0 Å². The van der Waals surface area contributed by atoms with Crippen molar-refractivity contribution in [3.8, 4) is 0 Å². The van der Waals surface area contributed by atoms with Crippen LogP contribution >= 0.6 is 0 Å². The molecule has 1 heterocycles. The zero-order chi connectivity index (χ0) is 15.2. The number of hydrogen-bond donors (Lipinski definition) is 1. The quantitative estimate of drug-likeness (QED) is 0.868. The molecule has 1 aromatic carbocycles. The van der Waals surface area contributed by atoms with E-state index in [2.05, 4.69) is 67.1 Å². The summed E-state index contributed by atoms with van der Waals surface area (Å²) in [6.07, 6.45) is 0. The maximum atomic E-state index is 3.51. The normalized spacial score (nSPS) is 21.7. The SMILES string of the molecule is CCN(CC)CC(c1ccc(C)cc1)N1CCNCC1C. The minimum absolute atomic E-state index is 0.502. The molecule has 3 nitrogen and oxygen atoms in total. The Hall–Kier alpha value is -0.900. The van der Waals surface area contributed by atoms with Gasteiger partial charge >= 0.3 is 0 Å². The molecule has 0 aromatic heterocycles. The second-order valence-corrected chi connectivity index (χ2v) is 6.20. The average Bonchev–Trinajstić information content (AvgIpc) is 2.51. The number of piperazine rings is 1. The van der Waals surface area contributed by atoms with E-state index in [-0.39, 0.29) is 0 Å². The van der Waals surface area contributed by atoms with E-state index in [0.717, 1.165) is 39.3 Å². The predicted molar refractivity (Wildman–Crippen MR) is 90.7 cm³/mol. The summed E-state index contributed by atoms with van der Waals surface area (Å²) in [6, 6.07) is 10.2. The molecule has 0 radical (unpaired) electrons. The first kappa shape index (κ1) is 16.5. The maximum absolute atomic E-state index is 3.51. The lowest BCUT2D eigenvalue weighted by molar-refractivity contribution is 0.0871. The van der Waals surface area contributed by atoms with E-state index in [1.54, 1.807) is 0 Å². The topological polar surface area (TPSA) is 18.5 Å². The van der Waals surface area contributed by atoms with Crippen LogP contribution in [0.1, 0.15) is 37.9 Å². The zero-order valence-electron chi connectivity index (χ0n) is 14.1. The number of hydrogen-bond acceptors (Lipinski definition) is 3. The van der Waals surface area contributed by atoms with Crippen molar-refractivity contribution in [2.24, 2.45) is 0 Å². The maximum Gasteiger partial charge on any atom is 0.0479 e. The van der Waals surface area contributed by atoms with E-state index in [4.69, 9.17) is 0 Å². The molecule has 1 saturated heterocycles. The molecule has 1 fully saturated rings. The molecule has 2 atom stereocenters. The van der Waals surface area contributed by atoms with E-state index < -0.39 is 0 Å². The molecular formula is C18H31N3. The summed E-state index contributed by atoms with van der Waals surface area (Å²) < 4.78 is 0. The van der Waals surface area contributed by atoms with Gasteiger partial charge in [-0.25, -0.2) is 0 Å². The second kappa shape index (κ2) is 7.92. The minimum Gasteiger partial charge on any atom is -0.314 e. The first-order chi connectivity index (χ1) is 10.2. The highest BCUT2D eigenvalue weighted by Gasteiger charge is 2.28. The van der Waals surface area contributed by atoms with Gasteiger partial charge in [-0.1, -0.05) is 43.7 Å². The molecule has 1 aromatic rings. The average molecular weight is 289 g/mol. The molecule has 2 rings (SSSR count). The number of aryl methyl sites for hydroxylation is 1. The molecule has 3 heteroatoms. The van der Waals surface area contributed by atoms with E-state index in [1.165, 1.54) is 11.1 Å². The molecular weight excluding hydrogens is 258 g/mol. The Morgan fingerprint density at radius 1 is 1.24 bits per heavy atom. The molecule has 0 bridgehead atoms. The van der Waals surface area contributed by atoms with E-state index in [1.807, 2.05) is 0 Å². The molecule has 21 heavy (non-hydrogen) atoms. The largest absolute Gasteiger partial charge is 0.314 e. The Kier molecular flexibility index (Phi) is 6.22. The Morgan fingerprint density at radius 3 is 2.48 bits per heavy atom. The first-order valence-electron chi connectivity index (χ1n) is 8.41. The molecule has 0 saturated carbocycles. The van der Waals surface area contributed by atoms with Gasteiger partial charge in [-0.3, -0.25) is 4.90 Å². The fraction of sp³-hybridized carbons (Fsp3) is 0.667. The van der Waals surface area contributed by atoms with E-state index >= 15 is 0 Å². The third-order valence-electron chi connectivity index (χ3n) is 4.74. The van der Waals surface area contributed by atoms with Crippen molar-refractivity contribution < 1.29 is 0 Å². The second-order valence-electron chi connectivity index (χ2n) is 6.20. The van der Waals surface area contributed by atoms with Gasteiger partial charge in [-0.15, -0.1) is 0 Å². The lowest BCUT2D eigenvalue weighted by atomic mass is 10.00. The highest BCUT2D eigenvalue weighted by molar-refractivity contribution is 5.25. The molecule has 118 valence electrons. The van der Waals surface area contributed by atoms with Crippen molar-refractivity contribution in [3.05, 3.63) is 35.4 Å². The Morgan fingerprint density at radius 2 is 1.90 bits per heavy atom. The van der Waals surface area contributed by atoms with Gasteiger partial charge < -0.3 is 10.2 Å². The van der Waals surface area contributed by atoms with Crippen LogP contribution in [0.4, 0.5) is 0 Å². The van der Waals surface area contributed by atoms with Crippen molar-refractivity contribution in [3.63, 3.8) is 0 Å². The van der Waals surface area contributed by atoms with Gasteiger partial charge in [0.15, 0.2) is 0 Å². The van der Waals surface area contributed by atoms with Crippen LogP contribution in [0, 0.1) is 6.92 Å². The van der Waals surface area contributed by atoms with Crippen LogP contribution in [0.3, 0.4) is 0 Å². The van der Waals surface area contributed by atoms with Crippen LogP contribution in [-0.4, -0.2) is 55.1 Å². The number of nitrogens with one attached hydrogen (secondary N) is 1. The highest BCUT2D eigenvalue weighted by atomic mass is 15.3. The fourth-order valence-electron chi connectivity index (χ4n) is 3.24. The molecule has 0 aliphatic carbocycles. The van der Waals surface area contributed by atoms with E-state index in [0.29, 0.717) is 12.1 Å². The summed E-state index contributed by atoms with van der Waals surface area (Å²) in [5.74, 6) is 0. The summed E-state index contributed by atoms with van der Waals surface area (Å²) in [4.78, 5) is 5.22. The molecule has 1 aliphatic heterocycles. The van der Waals surface area contributed by atoms with Gasteiger partial charge in [0, 0.05) is 38.3 Å². The summed E-state index contributed by atoms with van der Waals surface area (Å²) in [5.41, 5.74) is 2.80. The van der Waals surface area contributed by atoms with Crippen molar-refractivity contribution in [1.82, 2.24) is 15.1 Å². The van der Waals surface area contributed by atoms with Gasteiger partial charge in [0.05, 0.1) is 0 Å². The van der Waals surface area contributed by atoms with Crippen LogP contribution < -0.4 is 5.32 Å². The summed E-state index contributed by atoms with van der Waals surface area (Å²) >= 11 is 0. The number of benzene rings is 1. The van der Waals surface area contributed by atoms with Crippen LogP contribution in [0.15, 0.2) is 24.3 Å². The Balaban J connectivity index is 2.22. The fourth-order valence-corrected chi connectivity index (χ4v) is 3.24. The molecule has 0 spiro atoms.